The molecule has 2 rings (SSSR count). The molecule has 96 valence electrons. The molecule has 5 nitrogen and oxygen atoms in total. The Morgan fingerprint density at radius 1 is 1.61 bits per heavy atom. The third-order valence-electron chi connectivity index (χ3n) is 2.72. The number of H-pyrrole nitrogens is 1. The van der Waals surface area contributed by atoms with Gasteiger partial charge in [0.1, 0.15) is 11.5 Å². The van der Waals surface area contributed by atoms with Gasteiger partial charge in [0.25, 0.3) is 5.91 Å². The molecule has 1 amide bonds. The molecule has 4 N–H and O–H groups in total. The molecule has 0 saturated carbocycles. The Labute approximate surface area is 109 Å². The summed E-state index contributed by atoms with van der Waals surface area (Å²) in [6, 6.07) is 5.61. The Morgan fingerprint density at radius 2 is 2.39 bits per heavy atom. The number of nitrogens with zero attached hydrogens (tertiary/aromatic N) is 1. The van der Waals surface area contributed by atoms with Gasteiger partial charge in [0.15, 0.2) is 0 Å². The standard InChI is InChI=1S/C12H16N4OS/c1-12(2,9-4-3-5-18-9)7-14-11(17)8-6-10(13)16-15-8/h3-6H,7H2,1-2H3,(H,14,17)(H3,13,15,16). The van der Waals surface area contributed by atoms with Crippen LogP contribution in [0.25, 0.3) is 0 Å². The predicted octanol–water partition coefficient (Wildman–Crippen LogP) is 1.76. The normalized spacial score (nSPS) is 11.4. The van der Waals surface area contributed by atoms with E-state index < -0.39 is 0 Å². The third kappa shape index (κ3) is 2.70. The lowest BCUT2D eigenvalue weighted by atomic mass is 9.91. The summed E-state index contributed by atoms with van der Waals surface area (Å²) in [6.45, 7) is 4.76. The van der Waals surface area contributed by atoms with Crippen LogP contribution in [-0.2, 0) is 5.41 Å². The van der Waals surface area contributed by atoms with Gasteiger partial charge in [0.2, 0.25) is 0 Å². The summed E-state index contributed by atoms with van der Waals surface area (Å²) in [4.78, 5) is 13.1. The van der Waals surface area contributed by atoms with Crippen molar-refractivity contribution < 1.29 is 4.79 Å². The van der Waals surface area contributed by atoms with E-state index in [1.807, 2.05) is 11.4 Å². The second-order valence-corrected chi connectivity index (χ2v) is 5.70. The number of nitrogens with two attached hydrogens (primary N) is 1. The number of amides is 1. The van der Waals surface area contributed by atoms with Crippen molar-refractivity contribution in [2.75, 3.05) is 12.3 Å². The van der Waals surface area contributed by atoms with E-state index in [9.17, 15) is 4.79 Å². The van der Waals surface area contributed by atoms with Crippen LogP contribution in [0, 0.1) is 0 Å². The number of hydrogen-bond donors (Lipinski definition) is 3. The number of aromatic amines is 1. The van der Waals surface area contributed by atoms with Gasteiger partial charge in [-0.2, -0.15) is 5.10 Å². The highest BCUT2D eigenvalue weighted by molar-refractivity contribution is 7.10. The molecule has 0 fully saturated rings. The van der Waals surface area contributed by atoms with Crippen LogP contribution in [0.3, 0.4) is 0 Å². The fourth-order valence-electron chi connectivity index (χ4n) is 1.60. The van der Waals surface area contributed by atoms with E-state index in [-0.39, 0.29) is 11.3 Å². The van der Waals surface area contributed by atoms with Gasteiger partial charge < -0.3 is 11.1 Å². The van der Waals surface area contributed by atoms with Crippen molar-refractivity contribution in [3.63, 3.8) is 0 Å². The average molecular weight is 264 g/mol. The molecule has 18 heavy (non-hydrogen) atoms. The minimum atomic E-state index is -0.191. The highest BCUT2D eigenvalue weighted by atomic mass is 32.1. The second-order valence-electron chi connectivity index (χ2n) is 4.75. The van der Waals surface area contributed by atoms with Gasteiger partial charge in [-0.3, -0.25) is 9.89 Å². The lowest BCUT2D eigenvalue weighted by Crippen LogP contribution is -2.36. The maximum absolute atomic E-state index is 11.8. The number of aromatic nitrogens is 2. The first-order valence-electron chi connectivity index (χ1n) is 5.62. The van der Waals surface area contributed by atoms with E-state index in [4.69, 9.17) is 5.73 Å². The molecule has 0 saturated heterocycles. The monoisotopic (exact) mass is 264 g/mol. The number of thiophene rings is 1. The SMILES string of the molecule is CC(C)(CNC(=O)c1cc(N)n[nH]1)c1cccs1. The molecule has 0 bridgehead atoms. The molecular formula is C12H16N4OS. The van der Waals surface area contributed by atoms with Gasteiger partial charge in [0.05, 0.1) is 0 Å². The van der Waals surface area contributed by atoms with Crippen LogP contribution >= 0.6 is 11.3 Å². The summed E-state index contributed by atoms with van der Waals surface area (Å²) in [5.74, 6) is 0.126. The smallest absolute Gasteiger partial charge is 0.269 e. The summed E-state index contributed by atoms with van der Waals surface area (Å²) >= 11 is 1.69. The molecular weight excluding hydrogens is 248 g/mol. The predicted molar refractivity (Wildman–Crippen MR) is 72.7 cm³/mol. The first-order valence-corrected chi connectivity index (χ1v) is 6.50. The molecule has 0 aliphatic carbocycles. The first-order chi connectivity index (χ1) is 8.49. The van der Waals surface area contributed by atoms with E-state index in [1.54, 1.807) is 11.3 Å². The number of nitrogens with one attached hydrogen (secondary N) is 2. The molecule has 0 radical (unpaired) electrons. The zero-order chi connectivity index (χ0) is 13.2. The topological polar surface area (TPSA) is 83.8 Å². The van der Waals surface area contributed by atoms with E-state index in [0.717, 1.165) is 0 Å². The van der Waals surface area contributed by atoms with Gasteiger partial charge in [-0.15, -0.1) is 11.3 Å². The zero-order valence-electron chi connectivity index (χ0n) is 10.4. The third-order valence-corrected chi connectivity index (χ3v) is 3.96. The van der Waals surface area contributed by atoms with Crippen LogP contribution in [0.2, 0.25) is 0 Å². The summed E-state index contributed by atoms with van der Waals surface area (Å²) in [6.07, 6.45) is 0. The lowest BCUT2D eigenvalue weighted by molar-refractivity contribution is 0.0941. The quantitative estimate of drug-likeness (QED) is 0.786. The highest BCUT2D eigenvalue weighted by Crippen LogP contribution is 2.26. The van der Waals surface area contributed by atoms with Crippen molar-refractivity contribution in [2.45, 2.75) is 19.3 Å². The molecule has 2 aromatic rings. The first kappa shape index (κ1) is 12.6. The molecule has 0 aromatic carbocycles. The van der Waals surface area contributed by atoms with E-state index in [2.05, 4.69) is 35.4 Å². The van der Waals surface area contributed by atoms with Gasteiger partial charge in [0, 0.05) is 22.9 Å². The molecule has 0 aliphatic heterocycles. The minimum absolute atomic E-state index is 0.0879. The number of rotatable bonds is 4. The molecule has 0 aliphatic rings. The summed E-state index contributed by atoms with van der Waals surface area (Å²) in [5, 5.41) is 11.2. The fraction of sp³-hybridized carbons (Fsp3) is 0.333. The summed E-state index contributed by atoms with van der Waals surface area (Å²) in [7, 11) is 0. The Kier molecular flexibility index (Phi) is 3.38. The average Bonchev–Trinajstić information content (AvgIpc) is 2.96. The fourth-order valence-corrected chi connectivity index (χ4v) is 2.45. The lowest BCUT2D eigenvalue weighted by Gasteiger charge is -2.23. The molecule has 0 spiro atoms. The van der Waals surface area contributed by atoms with Crippen LogP contribution in [-0.4, -0.2) is 22.6 Å². The maximum Gasteiger partial charge on any atom is 0.269 e. The number of nitrogen functional groups attached to an aromatic ring is 1. The molecule has 6 heteroatoms. The summed E-state index contributed by atoms with van der Waals surface area (Å²) < 4.78 is 0. The number of anilines is 1. The van der Waals surface area contributed by atoms with Crippen LogP contribution in [0.5, 0.6) is 0 Å². The largest absolute Gasteiger partial charge is 0.382 e. The van der Waals surface area contributed by atoms with Gasteiger partial charge in [-0.05, 0) is 11.4 Å². The number of carbonyl (C=O) groups is 1. The van der Waals surface area contributed by atoms with Crippen molar-refractivity contribution in [1.29, 1.82) is 0 Å². The Bertz CT molecular complexity index is 530. The number of hydrogen-bond acceptors (Lipinski definition) is 4. The molecule has 2 aromatic heterocycles. The van der Waals surface area contributed by atoms with Crippen molar-refractivity contribution in [3.05, 3.63) is 34.2 Å². The van der Waals surface area contributed by atoms with Crippen molar-refractivity contribution in [2.24, 2.45) is 0 Å². The van der Waals surface area contributed by atoms with Crippen molar-refractivity contribution in [3.8, 4) is 0 Å². The van der Waals surface area contributed by atoms with Crippen molar-refractivity contribution in [1.82, 2.24) is 15.5 Å². The minimum Gasteiger partial charge on any atom is -0.382 e. The molecule has 0 atom stereocenters. The number of carbonyl (C=O) groups excluding carboxylic acids is 1. The van der Waals surface area contributed by atoms with E-state index >= 15 is 0 Å². The van der Waals surface area contributed by atoms with Gasteiger partial charge in [-0.25, -0.2) is 0 Å². The van der Waals surface area contributed by atoms with Crippen LogP contribution in [0.15, 0.2) is 23.6 Å². The van der Waals surface area contributed by atoms with E-state index in [1.165, 1.54) is 10.9 Å². The van der Waals surface area contributed by atoms with Gasteiger partial charge in [-0.1, -0.05) is 19.9 Å². The summed E-state index contributed by atoms with van der Waals surface area (Å²) in [5.41, 5.74) is 5.75. The van der Waals surface area contributed by atoms with Crippen LogP contribution in [0.1, 0.15) is 29.2 Å². The second kappa shape index (κ2) is 4.81. The van der Waals surface area contributed by atoms with Crippen LogP contribution in [0.4, 0.5) is 5.82 Å². The van der Waals surface area contributed by atoms with Gasteiger partial charge >= 0.3 is 0 Å². The van der Waals surface area contributed by atoms with E-state index in [0.29, 0.717) is 18.1 Å². The Balaban J connectivity index is 1.98. The molecule has 0 unspecified atom stereocenters. The maximum atomic E-state index is 11.8. The van der Waals surface area contributed by atoms with Crippen LogP contribution < -0.4 is 11.1 Å². The Hall–Kier alpha value is -1.82. The molecule has 2 heterocycles. The highest BCUT2D eigenvalue weighted by Gasteiger charge is 2.23. The van der Waals surface area contributed by atoms with Crippen molar-refractivity contribution >= 4 is 23.1 Å². The Morgan fingerprint density at radius 3 is 2.94 bits per heavy atom. The zero-order valence-corrected chi connectivity index (χ0v) is 11.2.